The number of halogens is 11. The minimum absolute atomic E-state index is 0.0496. The van der Waals surface area contributed by atoms with E-state index in [-0.39, 0.29) is 28.9 Å². The number of hydrogen-bond acceptors (Lipinski definition) is 3. The number of alkyl halides is 9. The van der Waals surface area contributed by atoms with Gasteiger partial charge < -0.3 is 10.2 Å². The van der Waals surface area contributed by atoms with E-state index >= 15 is 0 Å². The van der Waals surface area contributed by atoms with Crippen LogP contribution < -0.4 is 10.2 Å². The molecule has 3 aromatic rings. The van der Waals surface area contributed by atoms with Crippen molar-refractivity contribution in [2.75, 3.05) is 17.3 Å². The van der Waals surface area contributed by atoms with Crippen LogP contribution in [0.25, 0.3) is 0 Å². The van der Waals surface area contributed by atoms with Crippen molar-refractivity contribution >= 4 is 55.0 Å². The number of nitriles is 1. The van der Waals surface area contributed by atoms with Crippen LogP contribution in [0.5, 0.6) is 0 Å². The third-order valence-corrected chi connectivity index (χ3v) is 7.17. The summed E-state index contributed by atoms with van der Waals surface area (Å²) in [6.07, 6.45) is -13.6. The fourth-order valence-electron chi connectivity index (χ4n) is 3.65. The molecular weight excluding hydrogens is 717 g/mol. The molecule has 222 valence electrons. The van der Waals surface area contributed by atoms with Gasteiger partial charge in [-0.2, -0.15) is 40.4 Å². The van der Waals surface area contributed by atoms with Crippen LogP contribution in [0, 0.1) is 11.3 Å². The number of benzene rings is 3. The molecule has 0 aliphatic carbocycles. The summed E-state index contributed by atoms with van der Waals surface area (Å²) in [5.74, 6) is -8.31. The number of carbonyl (C=O) groups is 2. The molecule has 0 aliphatic rings. The van der Waals surface area contributed by atoms with Crippen LogP contribution in [0.4, 0.5) is 50.9 Å². The summed E-state index contributed by atoms with van der Waals surface area (Å²) in [6, 6.07) is 13.1. The Hall–Kier alpha value is -3.58. The van der Waals surface area contributed by atoms with Crippen LogP contribution >= 0.6 is 31.9 Å². The topological polar surface area (TPSA) is 73.2 Å². The molecule has 0 heterocycles. The van der Waals surface area contributed by atoms with E-state index in [0.717, 1.165) is 0 Å². The molecule has 0 fully saturated rings. The maximum absolute atomic E-state index is 14.9. The molecule has 1 unspecified atom stereocenters. The number of hydrogen-bond donors (Lipinski definition) is 1. The van der Waals surface area contributed by atoms with E-state index in [1.54, 1.807) is 0 Å². The van der Waals surface area contributed by atoms with Crippen LogP contribution in [0.1, 0.15) is 31.8 Å². The average Bonchev–Trinajstić information content (AvgIpc) is 2.92. The molecule has 0 spiro atoms. The summed E-state index contributed by atoms with van der Waals surface area (Å²) < 4.78 is 120. The zero-order valence-corrected chi connectivity index (χ0v) is 23.8. The first kappa shape index (κ1) is 32.9. The number of nitrogens with one attached hydrogen (secondary N) is 1. The third kappa shape index (κ3) is 5.98. The van der Waals surface area contributed by atoms with Crippen molar-refractivity contribution in [1.29, 1.82) is 5.26 Å². The summed E-state index contributed by atoms with van der Waals surface area (Å²) in [6.45, 7) is 0. The number of rotatable bonds is 6. The average molecular weight is 731 g/mol. The lowest BCUT2D eigenvalue weighted by molar-refractivity contribution is -0.389. The molecule has 3 aromatic carbocycles. The monoisotopic (exact) mass is 729 g/mol. The molecule has 5 nitrogen and oxygen atoms in total. The molecule has 0 aromatic heterocycles. The van der Waals surface area contributed by atoms with E-state index in [9.17, 15) is 49.1 Å². The van der Waals surface area contributed by atoms with Crippen molar-refractivity contribution in [3.05, 3.63) is 91.9 Å². The third-order valence-electron chi connectivity index (χ3n) is 5.92. The Morgan fingerprint density at radius 1 is 0.810 bits per heavy atom. The van der Waals surface area contributed by atoms with Gasteiger partial charge in [0, 0.05) is 38.4 Å². The number of carbonyl (C=O) groups excluding carboxylic acids is 2. The van der Waals surface area contributed by atoms with E-state index in [4.69, 9.17) is 5.26 Å². The highest BCUT2D eigenvalue weighted by Gasteiger charge is 2.81. The molecule has 0 bridgehead atoms. The van der Waals surface area contributed by atoms with Gasteiger partial charge in [-0.05, 0) is 86.5 Å². The van der Waals surface area contributed by atoms with Gasteiger partial charge >= 0.3 is 23.9 Å². The second-order valence-electron chi connectivity index (χ2n) is 8.60. The minimum atomic E-state index is -6.90. The van der Waals surface area contributed by atoms with Crippen molar-refractivity contribution in [2.24, 2.45) is 0 Å². The van der Waals surface area contributed by atoms with E-state index < -0.39 is 56.0 Å². The summed E-state index contributed by atoms with van der Waals surface area (Å²) >= 11 is 5.38. The second-order valence-corrected chi connectivity index (χ2v) is 10.3. The molecule has 3 rings (SSSR count). The standard InChI is InChI=1S/C26H14Br2F9N3O2/c1-40(22(42)14-7-5-13(12-38)6-8-14)17-4-2-3-15(9-17)21(41)39-20-18(27)10-16(11-19(20)28)23(29,25(32,33)34)24(30,31)26(35,36)37/h2-11H,1H3,(H,39,41). The first-order valence-corrected chi connectivity index (χ1v) is 12.7. The quantitative estimate of drug-likeness (QED) is 0.259. The van der Waals surface area contributed by atoms with Crippen LogP contribution in [-0.4, -0.2) is 37.1 Å². The Bertz CT molecular complexity index is 1550. The SMILES string of the molecule is CN(C(=O)c1ccc(C#N)cc1)c1cccc(C(=O)Nc2c(Br)cc(C(F)(C(F)(F)F)C(F)(F)C(F)(F)F)cc2Br)c1. The summed E-state index contributed by atoms with van der Waals surface area (Å²) in [7, 11) is 1.39. The molecule has 42 heavy (non-hydrogen) atoms. The molecule has 0 aliphatic heterocycles. The van der Waals surface area contributed by atoms with Crippen molar-refractivity contribution in [3.8, 4) is 6.07 Å². The molecule has 0 radical (unpaired) electrons. The van der Waals surface area contributed by atoms with Crippen LogP contribution in [-0.2, 0) is 5.67 Å². The van der Waals surface area contributed by atoms with Gasteiger partial charge in [0.1, 0.15) is 0 Å². The van der Waals surface area contributed by atoms with E-state index in [1.807, 2.05) is 6.07 Å². The van der Waals surface area contributed by atoms with Gasteiger partial charge in [-0.15, -0.1) is 0 Å². The van der Waals surface area contributed by atoms with Crippen LogP contribution in [0.2, 0.25) is 0 Å². The van der Waals surface area contributed by atoms with Crippen LogP contribution in [0.3, 0.4) is 0 Å². The van der Waals surface area contributed by atoms with Crippen molar-refractivity contribution in [3.63, 3.8) is 0 Å². The lowest BCUT2D eigenvalue weighted by Crippen LogP contribution is -2.59. The highest BCUT2D eigenvalue weighted by Crippen LogP contribution is 2.59. The predicted octanol–water partition coefficient (Wildman–Crippen LogP) is 8.54. The fraction of sp³-hybridized carbons (Fsp3) is 0.192. The smallest absolute Gasteiger partial charge is 0.320 e. The predicted molar refractivity (Wildman–Crippen MR) is 140 cm³/mol. The molecule has 0 saturated carbocycles. The zero-order valence-electron chi connectivity index (χ0n) is 20.6. The zero-order chi connectivity index (χ0) is 31.8. The first-order valence-electron chi connectivity index (χ1n) is 11.2. The van der Waals surface area contributed by atoms with Crippen molar-refractivity contribution in [2.45, 2.75) is 23.9 Å². The second kappa shape index (κ2) is 11.6. The Balaban J connectivity index is 1.93. The van der Waals surface area contributed by atoms with E-state index in [2.05, 4.69) is 37.2 Å². The van der Waals surface area contributed by atoms with Gasteiger partial charge in [0.25, 0.3) is 11.8 Å². The first-order chi connectivity index (χ1) is 19.3. The molecule has 0 saturated heterocycles. The molecule has 2 amide bonds. The molecular formula is C26H14Br2F9N3O2. The highest BCUT2D eigenvalue weighted by atomic mass is 79.9. The van der Waals surface area contributed by atoms with Gasteiger partial charge in [0.2, 0.25) is 0 Å². The van der Waals surface area contributed by atoms with Gasteiger partial charge in [0.05, 0.1) is 17.3 Å². The minimum Gasteiger partial charge on any atom is -0.320 e. The van der Waals surface area contributed by atoms with E-state index in [1.165, 1.54) is 60.5 Å². The van der Waals surface area contributed by atoms with Crippen molar-refractivity contribution < 1.29 is 49.1 Å². The lowest BCUT2D eigenvalue weighted by atomic mass is 9.87. The van der Waals surface area contributed by atoms with Gasteiger partial charge in [0.15, 0.2) is 0 Å². The highest BCUT2D eigenvalue weighted by molar-refractivity contribution is 9.11. The summed E-state index contributed by atoms with van der Waals surface area (Å²) in [5, 5.41) is 11.1. The van der Waals surface area contributed by atoms with Gasteiger partial charge in [-0.25, -0.2) is 4.39 Å². The lowest BCUT2D eigenvalue weighted by Gasteiger charge is -2.36. The molecule has 1 atom stereocenters. The largest absolute Gasteiger partial charge is 0.457 e. The number of nitrogens with zero attached hydrogens (tertiary/aromatic N) is 2. The van der Waals surface area contributed by atoms with Crippen LogP contribution in [0.15, 0.2) is 69.6 Å². The summed E-state index contributed by atoms with van der Waals surface area (Å²) in [4.78, 5) is 26.9. The molecule has 1 N–H and O–H groups in total. The Morgan fingerprint density at radius 3 is 1.83 bits per heavy atom. The normalized spacial score (nSPS) is 13.6. The number of amides is 2. The Morgan fingerprint density at radius 2 is 1.36 bits per heavy atom. The Kier molecular flexibility index (Phi) is 9.09. The Labute approximate surface area is 248 Å². The number of anilines is 2. The van der Waals surface area contributed by atoms with Crippen molar-refractivity contribution in [1.82, 2.24) is 0 Å². The maximum Gasteiger partial charge on any atom is 0.457 e. The molecule has 16 heteroatoms. The van der Waals surface area contributed by atoms with E-state index in [0.29, 0.717) is 5.56 Å². The maximum atomic E-state index is 14.9. The van der Waals surface area contributed by atoms with Gasteiger partial charge in [-0.1, -0.05) is 6.07 Å². The summed E-state index contributed by atoms with van der Waals surface area (Å²) in [5.41, 5.74) is -8.02. The fourth-order valence-corrected chi connectivity index (χ4v) is 5.03. The van der Waals surface area contributed by atoms with Gasteiger partial charge in [-0.3, -0.25) is 9.59 Å².